The van der Waals surface area contributed by atoms with E-state index in [9.17, 15) is 0 Å². The zero-order valence-corrected chi connectivity index (χ0v) is 16.4. The molecule has 0 aromatic heterocycles. The standard InChI is InChI=1S/C14H30O3.C6H10O3/c15-13-11-9-7-5-3-1-2-4-6-8-10-12-14-17-16;1(5-3-8-5)7-2-6-4-9-6/h15-16H,1-14H2;5-6H,1-4H2. The van der Waals surface area contributed by atoms with E-state index >= 15 is 0 Å². The van der Waals surface area contributed by atoms with E-state index in [4.69, 9.17) is 24.6 Å². The first-order valence-corrected chi connectivity index (χ1v) is 10.5. The predicted octanol–water partition coefficient (Wildman–Crippen LogP) is 3.95. The number of ether oxygens (including phenoxy) is 3. The van der Waals surface area contributed by atoms with Gasteiger partial charge in [-0.05, 0) is 12.8 Å². The third kappa shape index (κ3) is 18.5. The van der Waals surface area contributed by atoms with Gasteiger partial charge in [-0.1, -0.05) is 64.2 Å². The average Bonchev–Trinajstić information content (AvgIpc) is 3.55. The van der Waals surface area contributed by atoms with E-state index in [2.05, 4.69) is 4.89 Å². The Hall–Kier alpha value is -0.240. The highest BCUT2D eigenvalue weighted by Crippen LogP contribution is 2.13. The van der Waals surface area contributed by atoms with Gasteiger partial charge in [0.25, 0.3) is 0 Å². The van der Waals surface area contributed by atoms with Crippen LogP contribution in [-0.4, -0.2) is 62.2 Å². The number of hydrogen-bond acceptors (Lipinski definition) is 6. The van der Waals surface area contributed by atoms with Crippen molar-refractivity contribution in [3.05, 3.63) is 0 Å². The Bertz CT molecular complexity index is 255. The van der Waals surface area contributed by atoms with Crippen LogP contribution in [0, 0.1) is 0 Å². The largest absolute Gasteiger partial charge is 0.396 e. The van der Waals surface area contributed by atoms with Crippen LogP contribution in [0.4, 0.5) is 0 Å². The molecule has 6 nitrogen and oxygen atoms in total. The van der Waals surface area contributed by atoms with Crippen LogP contribution in [-0.2, 0) is 19.1 Å². The molecule has 0 amide bonds. The van der Waals surface area contributed by atoms with E-state index in [1.165, 1.54) is 64.2 Å². The average molecular weight is 377 g/mol. The highest BCUT2D eigenvalue weighted by molar-refractivity contribution is 4.71. The van der Waals surface area contributed by atoms with Gasteiger partial charge in [-0.15, -0.1) is 0 Å². The quantitative estimate of drug-likeness (QED) is 0.163. The molecule has 6 heteroatoms. The minimum absolute atomic E-state index is 0.349. The Balaban J connectivity index is 0.000000308. The van der Waals surface area contributed by atoms with Crippen LogP contribution in [0.1, 0.15) is 77.0 Å². The normalized spacial score (nSPS) is 20.5. The number of rotatable bonds is 18. The van der Waals surface area contributed by atoms with Gasteiger partial charge in [-0.2, -0.15) is 0 Å². The molecule has 2 atom stereocenters. The van der Waals surface area contributed by atoms with E-state index < -0.39 is 0 Å². The number of aliphatic hydroxyl groups excluding tert-OH is 1. The third-order valence-electron chi connectivity index (χ3n) is 4.56. The Morgan fingerprint density at radius 1 is 0.654 bits per heavy atom. The van der Waals surface area contributed by atoms with Crippen molar-refractivity contribution in [2.24, 2.45) is 0 Å². The van der Waals surface area contributed by atoms with Gasteiger partial charge in [0, 0.05) is 6.61 Å². The molecule has 2 aliphatic heterocycles. The zero-order chi connectivity index (χ0) is 18.7. The molecule has 2 rings (SSSR count). The molecular weight excluding hydrogens is 336 g/mol. The first-order valence-electron chi connectivity index (χ1n) is 10.5. The SMILES string of the molecule is C(OCC1CO1)C1CO1.OCCCCCCCCCCCCCCOO. The van der Waals surface area contributed by atoms with E-state index in [1.807, 2.05) is 0 Å². The van der Waals surface area contributed by atoms with E-state index in [-0.39, 0.29) is 0 Å². The molecule has 0 aromatic carbocycles. The van der Waals surface area contributed by atoms with Gasteiger partial charge in [-0.25, -0.2) is 4.89 Å². The molecule has 0 radical (unpaired) electrons. The highest BCUT2D eigenvalue weighted by atomic mass is 17.1. The van der Waals surface area contributed by atoms with Crippen LogP contribution >= 0.6 is 0 Å². The summed E-state index contributed by atoms with van der Waals surface area (Å²) < 4.78 is 15.1. The smallest absolute Gasteiger partial charge is 0.104 e. The van der Waals surface area contributed by atoms with E-state index in [0.717, 1.165) is 39.3 Å². The van der Waals surface area contributed by atoms with Gasteiger partial charge in [0.1, 0.15) is 12.2 Å². The van der Waals surface area contributed by atoms with Crippen molar-refractivity contribution in [3.8, 4) is 0 Å². The van der Waals surface area contributed by atoms with Crippen LogP contribution < -0.4 is 0 Å². The van der Waals surface area contributed by atoms with Gasteiger partial charge >= 0.3 is 0 Å². The molecule has 2 unspecified atom stereocenters. The minimum atomic E-state index is 0.349. The highest BCUT2D eigenvalue weighted by Gasteiger charge is 2.26. The van der Waals surface area contributed by atoms with Gasteiger partial charge in [0.05, 0.1) is 33.0 Å². The lowest BCUT2D eigenvalue weighted by molar-refractivity contribution is -0.242. The molecule has 0 bridgehead atoms. The van der Waals surface area contributed by atoms with Crippen molar-refractivity contribution < 1.29 is 29.5 Å². The summed E-state index contributed by atoms with van der Waals surface area (Å²) in [4.78, 5) is 4.03. The molecule has 156 valence electrons. The third-order valence-corrected chi connectivity index (χ3v) is 4.56. The van der Waals surface area contributed by atoms with Gasteiger partial charge in [0.15, 0.2) is 0 Å². The predicted molar refractivity (Wildman–Crippen MR) is 101 cm³/mol. The maximum atomic E-state index is 8.62. The maximum Gasteiger partial charge on any atom is 0.104 e. The summed E-state index contributed by atoms with van der Waals surface area (Å²) in [6.45, 7) is 4.09. The fourth-order valence-electron chi connectivity index (χ4n) is 2.71. The second kappa shape index (κ2) is 18.1. The summed E-state index contributed by atoms with van der Waals surface area (Å²) in [6.07, 6.45) is 15.7. The van der Waals surface area contributed by atoms with Crippen molar-refractivity contribution >= 4 is 0 Å². The summed E-state index contributed by atoms with van der Waals surface area (Å²) in [5.74, 6) is 0. The number of aliphatic hydroxyl groups is 1. The zero-order valence-electron chi connectivity index (χ0n) is 16.4. The Morgan fingerprint density at radius 3 is 1.38 bits per heavy atom. The molecule has 2 N–H and O–H groups in total. The fourth-order valence-corrected chi connectivity index (χ4v) is 2.71. The van der Waals surface area contributed by atoms with Crippen LogP contribution in [0.3, 0.4) is 0 Å². The molecule has 0 saturated carbocycles. The second-order valence-electron chi connectivity index (χ2n) is 7.25. The first-order chi connectivity index (χ1) is 12.9. The lowest BCUT2D eigenvalue weighted by atomic mass is 10.1. The number of epoxide rings is 2. The Labute approximate surface area is 159 Å². The van der Waals surface area contributed by atoms with Crippen LogP contribution in [0.2, 0.25) is 0 Å². The van der Waals surface area contributed by atoms with Crippen molar-refractivity contribution in [1.82, 2.24) is 0 Å². The minimum Gasteiger partial charge on any atom is -0.396 e. The van der Waals surface area contributed by atoms with Crippen LogP contribution in [0.5, 0.6) is 0 Å². The molecule has 26 heavy (non-hydrogen) atoms. The van der Waals surface area contributed by atoms with Crippen LogP contribution in [0.25, 0.3) is 0 Å². The summed E-state index contributed by atoms with van der Waals surface area (Å²) in [6, 6.07) is 0. The number of hydrogen-bond donors (Lipinski definition) is 2. The lowest BCUT2D eigenvalue weighted by Crippen LogP contribution is -2.06. The molecule has 2 aliphatic rings. The van der Waals surface area contributed by atoms with Crippen molar-refractivity contribution in [1.29, 1.82) is 0 Å². The molecule has 2 heterocycles. The van der Waals surface area contributed by atoms with Gasteiger partial charge in [0.2, 0.25) is 0 Å². The van der Waals surface area contributed by atoms with Gasteiger partial charge in [-0.3, -0.25) is 5.26 Å². The first kappa shape index (κ1) is 23.8. The van der Waals surface area contributed by atoms with Crippen LogP contribution in [0.15, 0.2) is 0 Å². The maximum absolute atomic E-state index is 8.62. The van der Waals surface area contributed by atoms with Crippen molar-refractivity contribution in [3.63, 3.8) is 0 Å². The molecule has 2 fully saturated rings. The molecule has 0 aromatic rings. The Morgan fingerprint density at radius 2 is 1.04 bits per heavy atom. The summed E-state index contributed by atoms with van der Waals surface area (Å²) in [5.41, 5.74) is 0. The lowest BCUT2D eigenvalue weighted by Gasteiger charge is -2.02. The Kier molecular flexibility index (Phi) is 16.6. The summed E-state index contributed by atoms with van der Waals surface area (Å²) >= 11 is 0. The molecule has 0 aliphatic carbocycles. The number of unbranched alkanes of at least 4 members (excludes halogenated alkanes) is 11. The topological polar surface area (TPSA) is 84.0 Å². The fraction of sp³-hybridized carbons (Fsp3) is 1.00. The van der Waals surface area contributed by atoms with Gasteiger partial charge < -0.3 is 19.3 Å². The molecule has 0 spiro atoms. The van der Waals surface area contributed by atoms with Crippen molar-refractivity contribution in [2.75, 3.05) is 39.6 Å². The second-order valence-corrected chi connectivity index (χ2v) is 7.25. The monoisotopic (exact) mass is 376 g/mol. The van der Waals surface area contributed by atoms with E-state index in [1.54, 1.807) is 0 Å². The van der Waals surface area contributed by atoms with E-state index in [0.29, 0.717) is 25.4 Å². The summed E-state index contributed by atoms with van der Waals surface area (Å²) in [5, 5.41) is 16.8. The molecule has 2 saturated heterocycles. The summed E-state index contributed by atoms with van der Waals surface area (Å²) in [7, 11) is 0. The van der Waals surface area contributed by atoms with Crippen molar-refractivity contribution in [2.45, 2.75) is 89.3 Å². The molecular formula is C20H40O6.